The van der Waals surface area contributed by atoms with Crippen molar-refractivity contribution in [1.29, 1.82) is 0 Å². The maximum atomic E-state index is 13.6. The fourth-order valence-electron chi connectivity index (χ4n) is 1.96. The summed E-state index contributed by atoms with van der Waals surface area (Å²) < 4.78 is 32.9. The van der Waals surface area contributed by atoms with Crippen LogP contribution in [0.4, 0.5) is 8.78 Å². The van der Waals surface area contributed by atoms with Crippen LogP contribution in [0.1, 0.15) is 5.56 Å². The van der Waals surface area contributed by atoms with Gasteiger partial charge in [0.15, 0.2) is 11.1 Å². The third kappa shape index (κ3) is 1.93. The molecule has 0 aliphatic rings. The number of benzene rings is 1. The van der Waals surface area contributed by atoms with Crippen LogP contribution in [0.2, 0.25) is 0 Å². The number of halogens is 2. The summed E-state index contributed by atoms with van der Waals surface area (Å²) in [5.41, 5.74) is -0.740. The van der Waals surface area contributed by atoms with Crippen molar-refractivity contribution in [2.24, 2.45) is 0 Å². The zero-order valence-electron chi connectivity index (χ0n) is 10.0. The van der Waals surface area contributed by atoms with Crippen molar-refractivity contribution in [2.45, 2.75) is 6.54 Å². The third-order valence-electron chi connectivity index (χ3n) is 2.95. The molecule has 3 rings (SSSR count). The summed E-state index contributed by atoms with van der Waals surface area (Å²) in [4.78, 5) is 25.3. The molecule has 0 aliphatic carbocycles. The first kappa shape index (κ1) is 12.3. The Morgan fingerprint density at radius 2 is 1.85 bits per heavy atom. The molecule has 0 saturated heterocycles. The molecule has 0 amide bonds. The first-order valence-corrected chi connectivity index (χ1v) is 5.71. The average molecular weight is 278 g/mol. The zero-order valence-corrected chi connectivity index (χ0v) is 10.0. The van der Waals surface area contributed by atoms with Crippen LogP contribution in [-0.2, 0) is 6.54 Å². The van der Waals surface area contributed by atoms with E-state index in [2.05, 4.69) is 4.98 Å². The van der Waals surface area contributed by atoms with Gasteiger partial charge in [-0.3, -0.25) is 9.78 Å². The molecular formula is C13H8F2N2O3. The van der Waals surface area contributed by atoms with Gasteiger partial charge in [-0.1, -0.05) is 6.07 Å². The minimum atomic E-state index is -0.757. The van der Waals surface area contributed by atoms with Gasteiger partial charge in [0.2, 0.25) is 0 Å². The molecule has 20 heavy (non-hydrogen) atoms. The fraction of sp³-hybridized carbons (Fsp3) is 0.0769. The molecule has 102 valence electrons. The Morgan fingerprint density at radius 3 is 2.55 bits per heavy atom. The van der Waals surface area contributed by atoms with Crippen LogP contribution in [0, 0.1) is 11.6 Å². The second kappa shape index (κ2) is 4.44. The summed E-state index contributed by atoms with van der Waals surface area (Å²) in [7, 11) is 0. The first-order valence-electron chi connectivity index (χ1n) is 5.71. The summed E-state index contributed by atoms with van der Waals surface area (Å²) >= 11 is 0. The summed E-state index contributed by atoms with van der Waals surface area (Å²) in [5, 5.41) is 0. The van der Waals surface area contributed by atoms with Gasteiger partial charge < -0.3 is 8.98 Å². The Balaban J connectivity index is 2.14. The molecule has 2 aromatic heterocycles. The molecule has 7 heteroatoms. The number of hydrogen-bond acceptors (Lipinski definition) is 3. The molecule has 1 N–H and O–H groups in total. The highest BCUT2D eigenvalue weighted by molar-refractivity contribution is 5.70. The van der Waals surface area contributed by atoms with E-state index in [0.29, 0.717) is 0 Å². The minimum absolute atomic E-state index is 0.0331. The topological polar surface area (TPSA) is 68.0 Å². The summed E-state index contributed by atoms with van der Waals surface area (Å²) in [6, 6.07) is 4.85. The fourth-order valence-corrected chi connectivity index (χ4v) is 1.96. The quantitative estimate of drug-likeness (QED) is 0.774. The number of pyridine rings is 1. The van der Waals surface area contributed by atoms with Gasteiger partial charge >= 0.3 is 5.76 Å². The molecule has 0 spiro atoms. The summed E-state index contributed by atoms with van der Waals surface area (Å²) in [6.07, 6.45) is 1.31. The Bertz CT molecular complexity index is 888. The van der Waals surface area contributed by atoms with Crippen molar-refractivity contribution in [2.75, 3.05) is 0 Å². The van der Waals surface area contributed by atoms with Crippen molar-refractivity contribution in [3.05, 3.63) is 68.6 Å². The molecule has 5 nitrogen and oxygen atoms in total. The number of aromatic amines is 1. The van der Waals surface area contributed by atoms with Crippen LogP contribution in [0.5, 0.6) is 0 Å². The Morgan fingerprint density at radius 1 is 1.15 bits per heavy atom. The van der Waals surface area contributed by atoms with E-state index in [0.717, 1.165) is 16.7 Å². The van der Waals surface area contributed by atoms with E-state index < -0.39 is 22.9 Å². The average Bonchev–Trinajstić information content (AvgIpc) is 2.78. The number of nitrogens with zero attached hydrogens (tertiary/aromatic N) is 1. The molecule has 0 atom stereocenters. The van der Waals surface area contributed by atoms with Crippen molar-refractivity contribution < 1.29 is 13.2 Å². The van der Waals surface area contributed by atoms with Crippen LogP contribution in [0.25, 0.3) is 11.1 Å². The number of H-pyrrole nitrogens is 1. The molecule has 0 fully saturated rings. The van der Waals surface area contributed by atoms with Gasteiger partial charge in [-0.05, 0) is 18.2 Å². The van der Waals surface area contributed by atoms with E-state index in [1.807, 2.05) is 0 Å². The Hall–Kier alpha value is -2.70. The van der Waals surface area contributed by atoms with Gasteiger partial charge in [-0.25, -0.2) is 13.6 Å². The normalized spacial score (nSPS) is 11.1. The predicted octanol–water partition coefficient (Wildman–Crippen LogP) is 1.61. The maximum absolute atomic E-state index is 13.6. The van der Waals surface area contributed by atoms with Crippen molar-refractivity contribution >= 4 is 11.1 Å². The highest BCUT2D eigenvalue weighted by atomic mass is 19.1. The van der Waals surface area contributed by atoms with E-state index in [4.69, 9.17) is 4.42 Å². The molecule has 1 aromatic carbocycles. The van der Waals surface area contributed by atoms with E-state index in [1.165, 1.54) is 18.3 Å². The first-order chi connectivity index (χ1) is 9.56. The molecule has 0 bridgehead atoms. The van der Waals surface area contributed by atoms with Crippen LogP contribution < -0.4 is 11.3 Å². The standard InChI is InChI=1S/C13H8F2N2O3/c14-8-2-1-3-9(15)7(8)6-17-5-4-10-11(12(17)18)16-13(19)20-10/h1-5H,6H2,(H,16,19). The number of hydrogen-bond donors (Lipinski definition) is 1. The highest BCUT2D eigenvalue weighted by Crippen LogP contribution is 2.13. The molecule has 3 aromatic rings. The third-order valence-corrected chi connectivity index (χ3v) is 2.95. The monoisotopic (exact) mass is 278 g/mol. The van der Waals surface area contributed by atoms with Gasteiger partial charge in [0.05, 0.1) is 6.54 Å². The highest BCUT2D eigenvalue weighted by Gasteiger charge is 2.12. The number of nitrogens with one attached hydrogen (secondary N) is 1. The van der Waals surface area contributed by atoms with E-state index in [1.54, 1.807) is 0 Å². The number of aromatic nitrogens is 2. The van der Waals surface area contributed by atoms with Gasteiger partial charge in [-0.15, -0.1) is 0 Å². The van der Waals surface area contributed by atoms with E-state index >= 15 is 0 Å². The molecule has 0 saturated carbocycles. The molecule has 0 aliphatic heterocycles. The largest absolute Gasteiger partial charge is 0.417 e. The van der Waals surface area contributed by atoms with E-state index in [9.17, 15) is 18.4 Å². The van der Waals surface area contributed by atoms with E-state index in [-0.39, 0.29) is 23.2 Å². The van der Waals surface area contributed by atoms with Gasteiger partial charge in [-0.2, -0.15) is 0 Å². The molecule has 2 heterocycles. The second-order valence-electron chi connectivity index (χ2n) is 4.20. The lowest BCUT2D eigenvalue weighted by Crippen LogP contribution is -2.21. The van der Waals surface area contributed by atoms with Gasteiger partial charge in [0.1, 0.15) is 11.6 Å². The lowest BCUT2D eigenvalue weighted by Gasteiger charge is -2.07. The number of rotatable bonds is 2. The zero-order chi connectivity index (χ0) is 14.3. The van der Waals surface area contributed by atoms with Crippen LogP contribution in [0.15, 0.2) is 44.5 Å². The summed E-state index contributed by atoms with van der Waals surface area (Å²) in [6.45, 7) is -0.277. The Labute approximate surface area is 110 Å². The number of fused-ring (bicyclic) bond motifs is 1. The molecule has 0 radical (unpaired) electrons. The van der Waals surface area contributed by atoms with Crippen LogP contribution >= 0.6 is 0 Å². The lowest BCUT2D eigenvalue weighted by molar-refractivity contribution is 0.541. The smallest absolute Gasteiger partial charge is 0.408 e. The van der Waals surface area contributed by atoms with Crippen molar-refractivity contribution in [3.63, 3.8) is 0 Å². The van der Waals surface area contributed by atoms with Crippen LogP contribution in [0.3, 0.4) is 0 Å². The molecular weight excluding hydrogens is 270 g/mol. The predicted molar refractivity (Wildman–Crippen MR) is 66.6 cm³/mol. The maximum Gasteiger partial charge on any atom is 0.417 e. The lowest BCUT2D eigenvalue weighted by atomic mass is 10.2. The van der Waals surface area contributed by atoms with Crippen LogP contribution in [-0.4, -0.2) is 9.55 Å². The van der Waals surface area contributed by atoms with Gasteiger partial charge in [0.25, 0.3) is 5.56 Å². The van der Waals surface area contributed by atoms with Crippen molar-refractivity contribution in [3.8, 4) is 0 Å². The SMILES string of the molecule is O=c1[nH]c2c(=O)n(Cc3c(F)cccc3F)ccc2o1. The Kier molecular flexibility index (Phi) is 2.74. The minimum Gasteiger partial charge on any atom is -0.408 e. The van der Waals surface area contributed by atoms with Crippen molar-refractivity contribution in [1.82, 2.24) is 9.55 Å². The summed E-state index contributed by atoms with van der Waals surface area (Å²) in [5.74, 6) is -2.23. The van der Waals surface area contributed by atoms with Gasteiger partial charge in [0, 0.05) is 11.8 Å². The molecule has 0 unspecified atom stereocenters. The second-order valence-corrected chi connectivity index (χ2v) is 4.20. The number of oxazole rings is 1.